The van der Waals surface area contributed by atoms with Crippen LogP contribution in [0, 0.1) is 0 Å². The molecule has 0 amide bonds. The van der Waals surface area contributed by atoms with Gasteiger partial charge in [-0.15, -0.1) is 0 Å². The Hall–Kier alpha value is -1.82. The monoisotopic (exact) mass is 366 g/mol. The van der Waals surface area contributed by atoms with E-state index in [0.717, 1.165) is 12.1 Å². The molecule has 12 heteroatoms. The van der Waals surface area contributed by atoms with Crippen molar-refractivity contribution in [1.82, 2.24) is 0 Å². The predicted molar refractivity (Wildman–Crippen MR) is 62.3 cm³/mol. The number of alkyl halides is 6. The van der Waals surface area contributed by atoms with Crippen molar-refractivity contribution >= 4 is 16.1 Å². The Labute approximate surface area is 125 Å². The molecule has 1 rings (SSSR count). The second-order valence-electron chi connectivity index (χ2n) is 4.02. The lowest BCUT2D eigenvalue weighted by Gasteiger charge is -2.32. The Morgan fingerprint density at radius 3 is 1.83 bits per heavy atom. The highest BCUT2D eigenvalue weighted by atomic mass is 32.2. The van der Waals surface area contributed by atoms with Gasteiger partial charge < -0.3 is 4.74 Å². The Kier molecular flexibility index (Phi) is 5.01. The zero-order chi connectivity index (χ0) is 18.1. The molecule has 1 aromatic carbocycles. The number of hydrogen-bond acceptors (Lipinski definition) is 5. The third kappa shape index (κ3) is 3.42. The second kappa shape index (κ2) is 6.00. The molecule has 0 bridgehead atoms. The number of carbonyl (C=O) groups is 1. The molecule has 0 saturated heterocycles. The minimum atomic E-state index is -6.76. The number of esters is 1. The molecule has 0 saturated carbocycles. The third-order valence-corrected chi connectivity index (χ3v) is 3.61. The van der Waals surface area contributed by atoms with Crippen LogP contribution in [0.25, 0.3) is 0 Å². The molecule has 0 radical (unpaired) electrons. The first-order valence-electron chi connectivity index (χ1n) is 5.52. The van der Waals surface area contributed by atoms with E-state index >= 15 is 0 Å². The van der Waals surface area contributed by atoms with Gasteiger partial charge >= 0.3 is 33.4 Å². The van der Waals surface area contributed by atoms with Gasteiger partial charge in [0.2, 0.25) is 0 Å². The van der Waals surface area contributed by atoms with Gasteiger partial charge in [0.05, 0.1) is 7.11 Å². The molecule has 0 aliphatic rings. The number of carbonyl (C=O) groups excluding carboxylic acids is 1. The molecular formula is C11H8F6O5S. The number of benzene rings is 1. The quantitative estimate of drug-likeness (QED) is 0.354. The molecule has 0 spiro atoms. The van der Waals surface area contributed by atoms with Gasteiger partial charge in [-0.3, -0.25) is 0 Å². The molecule has 1 aromatic rings. The van der Waals surface area contributed by atoms with Gasteiger partial charge in [0.1, 0.15) is 0 Å². The average molecular weight is 366 g/mol. The Morgan fingerprint density at radius 2 is 1.48 bits per heavy atom. The largest absolute Gasteiger partial charge is 0.523 e. The highest BCUT2D eigenvalue weighted by Crippen LogP contribution is 2.46. The maximum Gasteiger partial charge on any atom is 0.523 e. The fourth-order valence-electron chi connectivity index (χ4n) is 1.56. The minimum absolute atomic E-state index is 0.440. The van der Waals surface area contributed by atoms with Crippen LogP contribution in [0.2, 0.25) is 0 Å². The van der Waals surface area contributed by atoms with Gasteiger partial charge in [0.25, 0.3) is 0 Å². The van der Waals surface area contributed by atoms with E-state index in [-0.39, 0.29) is 0 Å². The SMILES string of the molecule is COC(=O)C(OS(=O)(=O)C(F)(F)F)(c1ccccc1)C(F)(F)F. The average Bonchev–Trinajstić information content (AvgIpc) is 2.42. The van der Waals surface area contributed by atoms with Crippen LogP contribution in [0.3, 0.4) is 0 Å². The summed E-state index contributed by atoms with van der Waals surface area (Å²) in [5.41, 5.74) is -11.9. The summed E-state index contributed by atoms with van der Waals surface area (Å²) in [6.07, 6.45) is -5.86. The highest BCUT2D eigenvalue weighted by Gasteiger charge is 2.69. The molecular weight excluding hydrogens is 358 g/mol. The zero-order valence-electron chi connectivity index (χ0n) is 11.1. The third-order valence-electron chi connectivity index (χ3n) is 2.57. The van der Waals surface area contributed by atoms with Gasteiger partial charge in [-0.1, -0.05) is 30.3 Å². The smallest absolute Gasteiger partial charge is 0.466 e. The van der Waals surface area contributed by atoms with Crippen molar-refractivity contribution < 1.29 is 48.5 Å². The highest BCUT2D eigenvalue weighted by molar-refractivity contribution is 7.87. The lowest BCUT2D eigenvalue weighted by molar-refractivity contribution is -0.258. The van der Waals surface area contributed by atoms with E-state index in [4.69, 9.17) is 0 Å². The van der Waals surface area contributed by atoms with Crippen LogP contribution in [-0.2, 0) is 29.4 Å². The molecule has 0 heterocycles. The Bertz CT molecular complexity index is 666. The first kappa shape index (κ1) is 19.2. The molecule has 0 aliphatic heterocycles. The van der Waals surface area contributed by atoms with Crippen molar-refractivity contribution in [3.63, 3.8) is 0 Å². The molecule has 5 nitrogen and oxygen atoms in total. The van der Waals surface area contributed by atoms with E-state index in [2.05, 4.69) is 8.92 Å². The number of methoxy groups -OCH3 is 1. The molecule has 23 heavy (non-hydrogen) atoms. The molecule has 130 valence electrons. The normalized spacial score (nSPS) is 15.8. The van der Waals surface area contributed by atoms with Gasteiger partial charge in [0, 0.05) is 5.56 Å². The van der Waals surface area contributed by atoms with Crippen LogP contribution >= 0.6 is 0 Å². The van der Waals surface area contributed by atoms with Crippen LogP contribution in [-0.4, -0.2) is 33.2 Å². The Balaban J connectivity index is 3.71. The lowest BCUT2D eigenvalue weighted by atomic mass is 9.93. The van der Waals surface area contributed by atoms with Gasteiger partial charge in [0.15, 0.2) is 0 Å². The lowest BCUT2D eigenvalue weighted by Crippen LogP contribution is -2.54. The van der Waals surface area contributed by atoms with Crippen LogP contribution in [0.15, 0.2) is 30.3 Å². The summed E-state index contributed by atoms with van der Waals surface area (Å²) in [5, 5.41) is 0. The maximum absolute atomic E-state index is 13.4. The molecule has 0 N–H and O–H groups in total. The van der Waals surface area contributed by atoms with E-state index in [0.29, 0.717) is 19.2 Å². The summed E-state index contributed by atoms with van der Waals surface area (Å²) >= 11 is 0. The summed E-state index contributed by atoms with van der Waals surface area (Å²) in [6.45, 7) is 0. The standard InChI is InChI=1S/C11H8F6O5S/c1-21-8(18)9(10(12,13)14,7-5-3-2-4-6-7)22-23(19,20)11(15,16)17/h2-6H,1H3. The van der Waals surface area contributed by atoms with Crippen LogP contribution in [0.4, 0.5) is 26.3 Å². The number of halogens is 6. The van der Waals surface area contributed by atoms with Gasteiger partial charge in [-0.25, -0.2) is 8.98 Å². The van der Waals surface area contributed by atoms with Crippen molar-refractivity contribution in [1.29, 1.82) is 0 Å². The molecule has 1 atom stereocenters. The van der Waals surface area contributed by atoms with Crippen molar-refractivity contribution in [3.05, 3.63) is 35.9 Å². The van der Waals surface area contributed by atoms with Crippen molar-refractivity contribution in [2.24, 2.45) is 0 Å². The topological polar surface area (TPSA) is 69.7 Å². The molecule has 0 fully saturated rings. The Morgan fingerprint density at radius 1 is 1.00 bits per heavy atom. The number of ether oxygens (including phenoxy) is 1. The van der Waals surface area contributed by atoms with Gasteiger partial charge in [-0.05, 0) is 0 Å². The van der Waals surface area contributed by atoms with Crippen LogP contribution < -0.4 is 0 Å². The summed E-state index contributed by atoms with van der Waals surface area (Å²) in [7, 11) is -6.32. The summed E-state index contributed by atoms with van der Waals surface area (Å²) in [4.78, 5) is 11.6. The fourth-order valence-corrected chi connectivity index (χ4v) is 2.24. The molecule has 0 aromatic heterocycles. The van der Waals surface area contributed by atoms with Crippen molar-refractivity contribution in [2.75, 3.05) is 7.11 Å². The van der Waals surface area contributed by atoms with E-state index in [1.54, 1.807) is 0 Å². The second-order valence-corrected chi connectivity index (χ2v) is 5.56. The van der Waals surface area contributed by atoms with E-state index in [9.17, 15) is 39.6 Å². The number of rotatable bonds is 4. The van der Waals surface area contributed by atoms with Crippen molar-refractivity contribution in [2.45, 2.75) is 17.3 Å². The van der Waals surface area contributed by atoms with Crippen LogP contribution in [0.5, 0.6) is 0 Å². The van der Waals surface area contributed by atoms with E-state index in [1.165, 1.54) is 6.07 Å². The zero-order valence-corrected chi connectivity index (χ0v) is 11.9. The van der Waals surface area contributed by atoms with E-state index in [1.807, 2.05) is 0 Å². The number of hydrogen-bond donors (Lipinski definition) is 0. The summed E-state index contributed by atoms with van der Waals surface area (Å²) in [5.74, 6) is -2.37. The fraction of sp³-hybridized carbons (Fsp3) is 0.364. The van der Waals surface area contributed by atoms with E-state index < -0.39 is 38.9 Å². The molecule has 0 aliphatic carbocycles. The first-order chi connectivity index (χ1) is 10.3. The molecule has 1 unspecified atom stereocenters. The minimum Gasteiger partial charge on any atom is -0.466 e. The predicted octanol–water partition coefficient (Wildman–Crippen LogP) is 2.48. The maximum atomic E-state index is 13.4. The first-order valence-corrected chi connectivity index (χ1v) is 6.93. The summed E-state index contributed by atoms with van der Waals surface area (Å²) < 4.78 is 107. The van der Waals surface area contributed by atoms with Gasteiger partial charge in [-0.2, -0.15) is 34.8 Å². The summed E-state index contributed by atoms with van der Waals surface area (Å²) in [6, 6.07) is 4.25. The van der Waals surface area contributed by atoms with Crippen LogP contribution in [0.1, 0.15) is 5.56 Å². The van der Waals surface area contributed by atoms with Crippen molar-refractivity contribution in [3.8, 4) is 0 Å².